The number of nitrogens with one attached hydrogen (secondary N) is 2. The quantitative estimate of drug-likeness (QED) is 0.607. The van der Waals surface area contributed by atoms with Gasteiger partial charge < -0.3 is 9.73 Å². The minimum absolute atomic E-state index is 0.304. The van der Waals surface area contributed by atoms with E-state index in [9.17, 15) is 9.59 Å². The summed E-state index contributed by atoms with van der Waals surface area (Å²) < 4.78 is 6.64. The highest BCUT2D eigenvalue weighted by Crippen LogP contribution is 2.18. The summed E-state index contributed by atoms with van der Waals surface area (Å²) in [6.45, 7) is 0. The first kappa shape index (κ1) is 14.0. The van der Waals surface area contributed by atoms with Gasteiger partial charge >= 0.3 is 5.76 Å². The van der Waals surface area contributed by atoms with Crippen LogP contribution in [-0.4, -0.2) is 20.4 Å². The fraction of sp³-hybridized carbons (Fsp3) is 0. The number of para-hydroxylation sites is 1. The number of nitrogens with zero attached hydrogens (tertiary/aromatic N) is 2. The topological polar surface area (TPSA) is 92.9 Å². The van der Waals surface area contributed by atoms with E-state index < -0.39 is 5.76 Å². The first-order valence-electron chi connectivity index (χ1n) is 7.23. The zero-order valence-corrected chi connectivity index (χ0v) is 12.4. The Hall–Kier alpha value is -3.61. The number of hydrogen-bond donors (Lipinski definition) is 2. The Labute approximate surface area is 135 Å². The number of oxazole rings is 1. The van der Waals surface area contributed by atoms with E-state index in [2.05, 4.69) is 15.3 Å². The fourth-order valence-electron chi connectivity index (χ4n) is 2.48. The van der Waals surface area contributed by atoms with Crippen LogP contribution in [0.15, 0.2) is 70.3 Å². The molecule has 2 aromatic heterocycles. The second-order valence-corrected chi connectivity index (χ2v) is 5.16. The van der Waals surface area contributed by atoms with Crippen molar-refractivity contribution in [2.45, 2.75) is 0 Å². The van der Waals surface area contributed by atoms with E-state index in [0.717, 1.165) is 5.69 Å². The van der Waals surface area contributed by atoms with Gasteiger partial charge in [0.1, 0.15) is 5.69 Å². The minimum atomic E-state index is -0.532. The van der Waals surface area contributed by atoms with Crippen molar-refractivity contribution in [2.75, 3.05) is 5.32 Å². The molecule has 0 atom stereocenters. The van der Waals surface area contributed by atoms with Crippen LogP contribution in [0.3, 0.4) is 0 Å². The van der Waals surface area contributed by atoms with Crippen LogP contribution in [0.4, 0.5) is 5.69 Å². The van der Waals surface area contributed by atoms with E-state index in [-0.39, 0.29) is 5.91 Å². The first-order valence-corrected chi connectivity index (χ1v) is 7.23. The Kier molecular flexibility index (Phi) is 3.24. The zero-order chi connectivity index (χ0) is 16.5. The van der Waals surface area contributed by atoms with E-state index in [1.807, 2.05) is 30.3 Å². The molecule has 7 nitrogen and oxygen atoms in total. The van der Waals surface area contributed by atoms with Crippen LogP contribution in [0.25, 0.3) is 16.8 Å². The molecule has 2 aromatic carbocycles. The normalized spacial score (nSPS) is 10.8. The van der Waals surface area contributed by atoms with Crippen LogP contribution in [0, 0.1) is 0 Å². The number of aromatic amines is 1. The van der Waals surface area contributed by atoms with Crippen LogP contribution in [0.5, 0.6) is 0 Å². The highest BCUT2D eigenvalue weighted by Gasteiger charge is 2.14. The maximum absolute atomic E-state index is 12.5. The van der Waals surface area contributed by atoms with Gasteiger partial charge in [-0.2, -0.15) is 0 Å². The van der Waals surface area contributed by atoms with Gasteiger partial charge in [0.05, 0.1) is 18.0 Å². The molecule has 1 amide bonds. The van der Waals surface area contributed by atoms with Crippen molar-refractivity contribution in [1.29, 1.82) is 0 Å². The molecule has 0 aliphatic heterocycles. The molecule has 7 heteroatoms. The molecule has 0 fully saturated rings. The van der Waals surface area contributed by atoms with Gasteiger partial charge in [0, 0.05) is 11.4 Å². The lowest BCUT2D eigenvalue weighted by Crippen LogP contribution is -2.16. The molecule has 4 rings (SSSR count). The SMILES string of the molecule is O=C(Nc1ccc2oc(=O)[nH]c2c1)c1cncn1-c1ccccc1. The third-order valence-corrected chi connectivity index (χ3v) is 3.58. The lowest BCUT2D eigenvalue weighted by molar-refractivity contribution is 0.102. The number of fused-ring (bicyclic) bond motifs is 1. The molecule has 0 spiro atoms. The summed E-state index contributed by atoms with van der Waals surface area (Å²) in [7, 11) is 0. The van der Waals surface area contributed by atoms with E-state index in [1.165, 1.54) is 6.20 Å². The molecule has 24 heavy (non-hydrogen) atoms. The van der Waals surface area contributed by atoms with E-state index in [0.29, 0.717) is 22.5 Å². The molecule has 0 saturated heterocycles. The Morgan fingerprint density at radius 1 is 1.17 bits per heavy atom. The smallest absolute Gasteiger partial charge is 0.408 e. The maximum Gasteiger partial charge on any atom is 0.417 e. The van der Waals surface area contributed by atoms with Crippen molar-refractivity contribution in [3.63, 3.8) is 0 Å². The Morgan fingerprint density at radius 2 is 2.00 bits per heavy atom. The third kappa shape index (κ3) is 2.48. The van der Waals surface area contributed by atoms with Crippen molar-refractivity contribution < 1.29 is 9.21 Å². The van der Waals surface area contributed by atoms with E-state index >= 15 is 0 Å². The number of amides is 1. The van der Waals surface area contributed by atoms with Gasteiger partial charge in [-0.3, -0.25) is 14.3 Å². The van der Waals surface area contributed by atoms with Crippen LogP contribution in [0.1, 0.15) is 10.5 Å². The number of rotatable bonds is 3. The summed E-state index contributed by atoms with van der Waals surface area (Å²) in [6.07, 6.45) is 3.08. The maximum atomic E-state index is 12.5. The number of hydrogen-bond acceptors (Lipinski definition) is 4. The van der Waals surface area contributed by atoms with Crippen molar-refractivity contribution in [3.05, 3.63) is 77.3 Å². The van der Waals surface area contributed by atoms with Gasteiger partial charge in [0.25, 0.3) is 5.91 Å². The van der Waals surface area contributed by atoms with Gasteiger partial charge in [-0.15, -0.1) is 0 Å². The molecule has 0 saturated carbocycles. The lowest BCUT2D eigenvalue weighted by Gasteiger charge is -2.08. The van der Waals surface area contributed by atoms with E-state index in [4.69, 9.17) is 4.42 Å². The second-order valence-electron chi connectivity index (χ2n) is 5.16. The summed E-state index contributed by atoms with van der Waals surface area (Å²) in [5.41, 5.74) is 2.75. The number of benzene rings is 2. The third-order valence-electron chi connectivity index (χ3n) is 3.58. The van der Waals surface area contributed by atoms with Gasteiger partial charge in [0.2, 0.25) is 0 Å². The highest BCUT2D eigenvalue weighted by molar-refractivity contribution is 6.04. The van der Waals surface area contributed by atoms with Crippen molar-refractivity contribution in [2.24, 2.45) is 0 Å². The van der Waals surface area contributed by atoms with Crippen LogP contribution >= 0.6 is 0 Å². The average Bonchev–Trinajstić information content (AvgIpc) is 3.21. The van der Waals surface area contributed by atoms with Crippen LogP contribution < -0.4 is 11.1 Å². The number of anilines is 1. The number of carbonyl (C=O) groups excluding carboxylic acids is 1. The van der Waals surface area contributed by atoms with Crippen molar-refractivity contribution in [1.82, 2.24) is 14.5 Å². The molecule has 0 aliphatic carbocycles. The molecular weight excluding hydrogens is 308 g/mol. The molecule has 2 heterocycles. The second kappa shape index (κ2) is 5.54. The molecule has 0 aliphatic rings. The van der Waals surface area contributed by atoms with Gasteiger partial charge in [-0.25, -0.2) is 9.78 Å². The molecule has 4 aromatic rings. The molecule has 2 N–H and O–H groups in total. The summed E-state index contributed by atoms with van der Waals surface area (Å²) in [6, 6.07) is 14.4. The predicted molar refractivity (Wildman–Crippen MR) is 88.4 cm³/mol. The summed E-state index contributed by atoms with van der Waals surface area (Å²) in [5, 5.41) is 2.79. The summed E-state index contributed by atoms with van der Waals surface area (Å²) >= 11 is 0. The average molecular weight is 320 g/mol. The zero-order valence-electron chi connectivity index (χ0n) is 12.4. The summed E-state index contributed by atoms with van der Waals surface area (Å²) in [5.74, 6) is -0.836. The van der Waals surface area contributed by atoms with E-state index in [1.54, 1.807) is 29.1 Å². The van der Waals surface area contributed by atoms with Crippen molar-refractivity contribution >= 4 is 22.7 Å². The molecular formula is C17H12N4O3. The van der Waals surface area contributed by atoms with Crippen LogP contribution in [0.2, 0.25) is 0 Å². The Bertz CT molecular complexity index is 1080. The number of imidazole rings is 1. The molecule has 118 valence electrons. The van der Waals surface area contributed by atoms with Crippen molar-refractivity contribution in [3.8, 4) is 5.69 Å². The Balaban J connectivity index is 1.64. The minimum Gasteiger partial charge on any atom is -0.408 e. The molecule has 0 radical (unpaired) electrons. The Morgan fingerprint density at radius 3 is 2.83 bits per heavy atom. The lowest BCUT2D eigenvalue weighted by atomic mass is 10.2. The fourth-order valence-corrected chi connectivity index (χ4v) is 2.48. The van der Waals surface area contributed by atoms with Crippen LogP contribution in [-0.2, 0) is 0 Å². The number of H-pyrrole nitrogens is 1. The van der Waals surface area contributed by atoms with Gasteiger partial charge in [-0.1, -0.05) is 18.2 Å². The number of carbonyl (C=O) groups is 1. The molecule has 0 bridgehead atoms. The monoisotopic (exact) mass is 320 g/mol. The first-order chi connectivity index (χ1) is 11.7. The highest BCUT2D eigenvalue weighted by atomic mass is 16.4. The molecule has 0 unspecified atom stereocenters. The largest absolute Gasteiger partial charge is 0.417 e. The number of aromatic nitrogens is 3. The van der Waals surface area contributed by atoms with Gasteiger partial charge in [-0.05, 0) is 30.3 Å². The summed E-state index contributed by atoms with van der Waals surface area (Å²) in [4.78, 5) is 30.3. The standard InChI is InChI=1S/C17H12N4O3/c22-16(14-9-18-10-21(14)12-4-2-1-3-5-12)19-11-6-7-15-13(8-11)20-17(23)24-15/h1-10H,(H,19,22)(H,20,23). The van der Waals surface area contributed by atoms with Gasteiger partial charge in [0.15, 0.2) is 5.58 Å². The predicted octanol–water partition coefficient (Wildman–Crippen LogP) is 2.56.